The quantitative estimate of drug-likeness (QED) is 0.789. The second-order valence-electron chi connectivity index (χ2n) is 4.76. The van der Waals surface area contributed by atoms with Crippen LogP contribution in [0.15, 0.2) is 18.2 Å². The smallest absolute Gasteiger partial charge is 0.325 e. The molecule has 5 nitrogen and oxygen atoms in total. The molecule has 3 N–H and O–H groups in total. The number of aryl methyl sites for hydroxylation is 2. The third-order valence-corrected chi connectivity index (χ3v) is 3.05. The maximum absolute atomic E-state index is 11.9. The van der Waals surface area contributed by atoms with Crippen molar-refractivity contribution in [3.8, 4) is 0 Å². The fourth-order valence-electron chi connectivity index (χ4n) is 2.06. The molecule has 0 saturated carbocycles. The Balaban J connectivity index is 2.33. The molecule has 1 atom stereocenters. The number of nitrogens with one attached hydrogen (secondary N) is 2. The van der Waals surface area contributed by atoms with Crippen LogP contribution in [0.1, 0.15) is 28.5 Å². The van der Waals surface area contributed by atoms with Crippen molar-refractivity contribution in [1.82, 2.24) is 10.3 Å². The lowest BCUT2D eigenvalue weighted by Crippen LogP contribution is -2.38. The number of aromatic nitrogens is 1. The SMILES string of the molecule is Cc1cc(C)c2cc(C(=O)N[C@@H](C)C(=O)O)[nH]c2c1. The molecule has 1 amide bonds. The number of hydrogen-bond acceptors (Lipinski definition) is 2. The number of rotatable bonds is 3. The minimum absolute atomic E-state index is 0.372. The largest absolute Gasteiger partial charge is 0.480 e. The van der Waals surface area contributed by atoms with Crippen molar-refractivity contribution >= 4 is 22.8 Å². The number of aliphatic carboxylic acids is 1. The Kier molecular flexibility index (Phi) is 3.29. The summed E-state index contributed by atoms with van der Waals surface area (Å²) in [6, 6.07) is 4.83. The summed E-state index contributed by atoms with van der Waals surface area (Å²) < 4.78 is 0. The zero-order valence-electron chi connectivity index (χ0n) is 11.1. The molecule has 1 aromatic carbocycles. The normalized spacial score (nSPS) is 12.4. The van der Waals surface area contributed by atoms with Crippen molar-refractivity contribution in [3.05, 3.63) is 35.0 Å². The maximum atomic E-state index is 11.9. The van der Waals surface area contributed by atoms with E-state index in [4.69, 9.17) is 5.11 Å². The van der Waals surface area contributed by atoms with Crippen LogP contribution >= 0.6 is 0 Å². The van der Waals surface area contributed by atoms with Gasteiger partial charge in [0.15, 0.2) is 0 Å². The molecule has 0 aliphatic heterocycles. The Labute approximate surface area is 110 Å². The van der Waals surface area contributed by atoms with Crippen LogP contribution in [0.3, 0.4) is 0 Å². The first-order valence-electron chi connectivity index (χ1n) is 6.02. The maximum Gasteiger partial charge on any atom is 0.325 e. The summed E-state index contributed by atoms with van der Waals surface area (Å²) in [5.41, 5.74) is 3.44. The Morgan fingerprint density at radius 1 is 1.26 bits per heavy atom. The molecule has 2 aromatic rings. The van der Waals surface area contributed by atoms with Crippen molar-refractivity contribution in [2.45, 2.75) is 26.8 Å². The zero-order valence-corrected chi connectivity index (χ0v) is 11.1. The lowest BCUT2D eigenvalue weighted by Gasteiger charge is -2.07. The van der Waals surface area contributed by atoms with Gasteiger partial charge in [-0.15, -0.1) is 0 Å². The highest BCUT2D eigenvalue weighted by atomic mass is 16.4. The summed E-state index contributed by atoms with van der Waals surface area (Å²) in [6.07, 6.45) is 0. The number of carboxylic acid groups (broad SMARTS) is 1. The average Bonchev–Trinajstić information content (AvgIpc) is 2.72. The fourth-order valence-corrected chi connectivity index (χ4v) is 2.06. The molecule has 0 fully saturated rings. The van der Waals surface area contributed by atoms with Crippen molar-refractivity contribution in [1.29, 1.82) is 0 Å². The predicted octanol–water partition coefficient (Wildman–Crippen LogP) is 1.99. The van der Waals surface area contributed by atoms with E-state index in [-0.39, 0.29) is 0 Å². The van der Waals surface area contributed by atoms with Gasteiger partial charge in [-0.3, -0.25) is 9.59 Å². The highest BCUT2D eigenvalue weighted by Gasteiger charge is 2.17. The first kappa shape index (κ1) is 13.1. The van der Waals surface area contributed by atoms with Crippen LogP contribution in [0, 0.1) is 13.8 Å². The van der Waals surface area contributed by atoms with E-state index in [1.165, 1.54) is 6.92 Å². The Morgan fingerprint density at radius 3 is 2.58 bits per heavy atom. The van der Waals surface area contributed by atoms with Gasteiger partial charge in [0.05, 0.1) is 0 Å². The molecule has 19 heavy (non-hydrogen) atoms. The molecule has 5 heteroatoms. The molecule has 0 unspecified atom stereocenters. The summed E-state index contributed by atoms with van der Waals surface area (Å²) in [4.78, 5) is 25.6. The van der Waals surface area contributed by atoms with E-state index < -0.39 is 17.9 Å². The van der Waals surface area contributed by atoms with Gasteiger partial charge >= 0.3 is 5.97 Å². The first-order valence-corrected chi connectivity index (χ1v) is 6.02. The van der Waals surface area contributed by atoms with E-state index in [0.29, 0.717) is 5.69 Å². The van der Waals surface area contributed by atoms with Crippen LogP contribution in [0.4, 0.5) is 0 Å². The van der Waals surface area contributed by atoms with Crippen LogP contribution in [0.5, 0.6) is 0 Å². The summed E-state index contributed by atoms with van der Waals surface area (Å²) in [5.74, 6) is -1.47. The molecule has 0 spiro atoms. The van der Waals surface area contributed by atoms with E-state index in [9.17, 15) is 9.59 Å². The molecular weight excluding hydrogens is 244 g/mol. The number of H-pyrrole nitrogens is 1. The minimum atomic E-state index is -1.06. The number of amides is 1. The third-order valence-electron chi connectivity index (χ3n) is 3.05. The van der Waals surface area contributed by atoms with Gasteiger partial charge in [-0.2, -0.15) is 0 Å². The Bertz CT molecular complexity index is 658. The molecule has 0 aliphatic rings. The summed E-state index contributed by atoms with van der Waals surface area (Å²) in [6.45, 7) is 5.39. The molecule has 1 heterocycles. The molecule has 1 aromatic heterocycles. The molecule has 2 rings (SSSR count). The van der Waals surface area contributed by atoms with E-state index in [1.807, 2.05) is 26.0 Å². The van der Waals surface area contributed by atoms with E-state index in [1.54, 1.807) is 6.07 Å². The molecule has 0 radical (unpaired) electrons. The molecule has 0 saturated heterocycles. The van der Waals surface area contributed by atoms with Crippen molar-refractivity contribution in [2.24, 2.45) is 0 Å². The first-order chi connectivity index (χ1) is 8.88. The van der Waals surface area contributed by atoms with Gasteiger partial charge < -0.3 is 15.4 Å². The van der Waals surface area contributed by atoms with Crippen molar-refractivity contribution in [3.63, 3.8) is 0 Å². The van der Waals surface area contributed by atoms with Crippen LogP contribution in [-0.4, -0.2) is 28.0 Å². The Hall–Kier alpha value is -2.30. The van der Waals surface area contributed by atoms with Gasteiger partial charge in [-0.1, -0.05) is 6.07 Å². The third kappa shape index (κ3) is 2.59. The minimum Gasteiger partial charge on any atom is -0.480 e. The number of hydrogen-bond donors (Lipinski definition) is 3. The second kappa shape index (κ2) is 4.76. The highest BCUT2D eigenvalue weighted by Crippen LogP contribution is 2.21. The number of carbonyl (C=O) groups excluding carboxylic acids is 1. The Morgan fingerprint density at radius 2 is 1.95 bits per heavy atom. The van der Waals surface area contributed by atoms with Crippen LogP contribution in [0.25, 0.3) is 10.9 Å². The van der Waals surface area contributed by atoms with Crippen LogP contribution < -0.4 is 5.32 Å². The molecule has 0 aliphatic carbocycles. The fraction of sp³-hybridized carbons (Fsp3) is 0.286. The molecule has 0 bridgehead atoms. The number of aromatic amines is 1. The predicted molar refractivity (Wildman–Crippen MR) is 72.3 cm³/mol. The lowest BCUT2D eigenvalue weighted by atomic mass is 10.1. The van der Waals surface area contributed by atoms with Crippen molar-refractivity contribution in [2.75, 3.05) is 0 Å². The monoisotopic (exact) mass is 260 g/mol. The average molecular weight is 260 g/mol. The highest BCUT2D eigenvalue weighted by molar-refractivity contribution is 6.00. The van der Waals surface area contributed by atoms with Gasteiger partial charge in [0.25, 0.3) is 5.91 Å². The van der Waals surface area contributed by atoms with Gasteiger partial charge in [0.1, 0.15) is 11.7 Å². The number of carbonyl (C=O) groups is 2. The van der Waals surface area contributed by atoms with Crippen LogP contribution in [-0.2, 0) is 4.79 Å². The second-order valence-corrected chi connectivity index (χ2v) is 4.76. The van der Waals surface area contributed by atoms with Gasteiger partial charge in [0.2, 0.25) is 0 Å². The van der Waals surface area contributed by atoms with Gasteiger partial charge in [0, 0.05) is 10.9 Å². The van der Waals surface area contributed by atoms with E-state index >= 15 is 0 Å². The number of fused-ring (bicyclic) bond motifs is 1. The molecular formula is C14H16N2O3. The van der Waals surface area contributed by atoms with Crippen molar-refractivity contribution < 1.29 is 14.7 Å². The van der Waals surface area contributed by atoms with E-state index in [0.717, 1.165) is 22.0 Å². The lowest BCUT2D eigenvalue weighted by molar-refractivity contribution is -0.138. The van der Waals surface area contributed by atoms with Gasteiger partial charge in [-0.05, 0) is 44.0 Å². The number of carboxylic acids is 1. The molecule has 100 valence electrons. The summed E-state index contributed by atoms with van der Waals surface area (Å²) in [5, 5.41) is 12.2. The van der Waals surface area contributed by atoms with E-state index in [2.05, 4.69) is 10.3 Å². The number of benzene rings is 1. The topological polar surface area (TPSA) is 82.2 Å². The van der Waals surface area contributed by atoms with Gasteiger partial charge in [-0.25, -0.2) is 0 Å². The van der Waals surface area contributed by atoms with Crippen LogP contribution in [0.2, 0.25) is 0 Å². The summed E-state index contributed by atoms with van der Waals surface area (Å²) >= 11 is 0. The zero-order chi connectivity index (χ0) is 14.2. The summed E-state index contributed by atoms with van der Waals surface area (Å²) in [7, 11) is 0. The standard InChI is InChI=1S/C14H16N2O3/c1-7-4-8(2)10-6-12(16-11(10)5-7)13(17)15-9(3)14(18)19/h4-6,9,16H,1-3H3,(H,15,17)(H,18,19)/t9-/m0/s1.